The molecule has 0 radical (unpaired) electrons. The fourth-order valence-corrected chi connectivity index (χ4v) is 2.99. The van der Waals surface area contributed by atoms with Gasteiger partial charge in [-0.3, -0.25) is 0 Å². The number of fused-ring (bicyclic) bond motifs is 1. The zero-order chi connectivity index (χ0) is 17.5. The normalized spacial score (nSPS) is 12.4. The highest BCUT2D eigenvalue weighted by atomic mass is 16.5. The van der Waals surface area contributed by atoms with Crippen molar-refractivity contribution in [3.63, 3.8) is 0 Å². The smallest absolute Gasteiger partial charge is 0.119 e. The van der Waals surface area contributed by atoms with Crippen LogP contribution in [-0.4, -0.2) is 35.6 Å². The van der Waals surface area contributed by atoms with Crippen molar-refractivity contribution < 1.29 is 14.6 Å². The molecule has 0 amide bonds. The second-order valence-corrected chi connectivity index (χ2v) is 6.02. The summed E-state index contributed by atoms with van der Waals surface area (Å²) in [6.07, 6.45) is 2.67. The van der Waals surface area contributed by atoms with Crippen LogP contribution in [-0.2, 0) is 17.7 Å². The van der Waals surface area contributed by atoms with Gasteiger partial charge in [0.1, 0.15) is 12.4 Å². The maximum atomic E-state index is 9.30. The van der Waals surface area contributed by atoms with Crippen LogP contribution in [0.25, 0.3) is 10.9 Å². The SMILES string of the molecule is CCO[C@H](CO)Cc1ccc(OCCn2ccc3ccccc32)cc1. The van der Waals surface area contributed by atoms with E-state index in [1.165, 1.54) is 10.9 Å². The number of hydrogen-bond acceptors (Lipinski definition) is 3. The molecule has 0 saturated heterocycles. The molecule has 0 fully saturated rings. The van der Waals surface area contributed by atoms with Crippen LogP contribution in [0.1, 0.15) is 12.5 Å². The number of aliphatic hydroxyl groups excluding tert-OH is 1. The molecule has 0 aliphatic carbocycles. The van der Waals surface area contributed by atoms with Crippen molar-refractivity contribution in [2.24, 2.45) is 0 Å². The van der Waals surface area contributed by atoms with E-state index >= 15 is 0 Å². The van der Waals surface area contributed by atoms with E-state index in [0.29, 0.717) is 19.6 Å². The van der Waals surface area contributed by atoms with Gasteiger partial charge in [0.25, 0.3) is 0 Å². The van der Waals surface area contributed by atoms with Gasteiger partial charge in [0.15, 0.2) is 0 Å². The van der Waals surface area contributed by atoms with Gasteiger partial charge in [-0.15, -0.1) is 0 Å². The van der Waals surface area contributed by atoms with Gasteiger partial charge in [0, 0.05) is 24.7 Å². The molecule has 0 bridgehead atoms. The second-order valence-electron chi connectivity index (χ2n) is 6.02. The van der Waals surface area contributed by atoms with Crippen molar-refractivity contribution in [2.75, 3.05) is 19.8 Å². The summed E-state index contributed by atoms with van der Waals surface area (Å²) >= 11 is 0. The second kappa shape index (κ2) is 8.70. The molecular formula is C21H25NO3. The van der Waals surface area contributed by atoms with Crippen LogP contribution < -0.4 is 4.74 Å². The molecule has 0 spiro atoms. The lowest BCUT2D eigenvalue weighted by molar-refractivity contribution is 0.0207. The van der Waals surface area contributed by atoms with Crippen molar-refractivity contribution in [2.45, 2.75) is 26.0 Å². The molecule has 2 aromatic carbocycles. The van der Waals surface area contributed by atoms with Crippen LogP contribution in [0, 0.1) is 0 Å². The number of nitrogens with zero attached hydrogens (tertiary/aromatic N) is 1. The highest BCUT2D eigenvalue weighted by molar-refractivity contribution is 5.79. The van der Waals surface area contributed by atoms with Gasteiger partial charge in [0.2, 0.25) is 0 Å². The summed E-state index contributed by atoms with van der Waals surface area (Å²) in [5, 5.41) is 10.6. The third kappa shape index (κ3) is 4.62. The summed E-state index contributed by atoms with van der Waals surface area (Å²) in [6, 6.07) is 18.5. The van der Waals surface area contributed by atoms with Gasteiger partial charge in [0.05, 0.1) is 19.3 Å². The Labute approximate surface area is 148 Å². The molecule has 0 aliphatic heterocycles. The van der Waals surface area contributed by atoms with Crippen LogP contribution in [0.5, 0.6) is 5.75 Å². The Bertz CT molecular complexity index is 779. The first-order chi connectivity index (χ1) is 12.3. The summed E-state index contributed by atoms with van der Waals surface area (Å²) in [4.78, 5) is 0. The molecule has 0 saturated carbocycles. The Balaban J connectivity index is 1.52. The van der Waals surface area contributed by atoms with Crippen molar-refractivity contribution in [3.8, 4) is 5.75 Å². The lowest BCUT2D eigenvalue weighted by Gasteiger charge is -2.14. The van der Waals surface area contributed by atoms with Crippen molar-refractivity contribution in [1.82, 2.24) is 4.57 Å². The van der Waals surface area contributed by atoms with Crippen LogP contribution in [0.2, 0.25) is 0 Å². The van der Waals surface area contributed by atoms with Crippen LogP contribution in [0.15, 0.2) is 60.8 Å². The standard InChI is InChI=1S/C21H25NO3/c1-2-24-20(16-23)15-17-7-9-19(10-8-17)25-14-13-22-12-11-18-5-3-4-6-21(18)22/h3-12,20,23H,2,13-16H2,1H3/t20-/m0/s1. The van der Waals surface area contributed by atoms with E-state index in [9.17, 15) is 5.11 Å². The minimum absolute atomic E-state index is 0.0386. The molecule has 4 nitrogen and oxygen atoms in total. The fourth-order valence-electron chi connectivity index (χ4n) is 2.99. The molecule has 1 atom stereocenters. The Kier molecular flexibility index (Phi) is 6.09. The number of benzene rings is 2. The molecule has 25 heavy (non-hydrogen) atoms. The minimum Gasteiger partial charge on any atom is -0.492 e. The lowest BCUT2D eigenvalue weighted by Crippen LogP contribution is -2.20. The van der Waals surface area contributed by atoms with Crippen molar-refractivity contribution >= 4 is 10.9 Å². The quantitative estimate of drug-likeness (QED) is 0.647. The molecule has 1 heterocycles. The van der Waals surface area contributed by atoms with Gasteiger partial charge in [-0.2, -0.15) is 0 Å². The van der Waals surface area contributed by atoms with Crippen molar-refractivity contribution in [1.29, 1.82) is 0 Å². The number of ether oxygens (including phenoxy) is 2. The van der Waals surface area contributed by atoms with Gasteiger partial charge in [-0.1, -0.05) is 30.3 Å². The third-order valence-corrected chi connectivity index (χ3v) is 4.27. The average Bonchev–Trinajstić information content (AvgIpc) is 3.06. The lowest BCUT2D eigenvalue weighted by atomic mass is 10.1. The zero-order valence-electron chi connectivity index (χ0n) is 14.6. The molecule has 1 N–H and O–H groups in total. The number of rotatable bonds is 9. The monoisotopic (exact) mass is 339 g/mol. The highest BCUT2D eigenvalue weighted by Crippen LogP contribution is 2.17. The Morgan fingerprint density at radius 3 is 2.60 bits per heavy atom. The maximum absolute atomic E-state index is 9.30. The summed E-state index contributed by atoms with van der Waals surface area (Å²) in [5.74, 6) is 0.858. The molecule has 3 aromatic rings. The molecule has 1 aromatic heterocycles. The Hall–Kier alpha value is -2.30. The van der Waals surface area contributed by atoms with Crippen LogP contribution >= 0.6 is 0 Å². The first kappa shape index (κ1) is 17.5. The summed E-state index contributed by atoms with van der Waals surface area (Å²) in [6.45, 7) is 4.02. The molecule has 0 aliphatic rings. The number of aromatic nitrogens is 1. The molecule has 0 unspecified atom stereocenters. The molecule has 3 rings (SSSR count). The first-order valence-electron chi connectivity index (χ1n) is 8.78. The fraction of sp³-hybridized carbons (Fsp3) is 0.333. The summed E-state index contributed by atoms with van der Waals surface area (Å²) in [5.41, 5.74) is 2.36. The molecule has 4 heteroatoms. The topological polar surface area (TPSA) is 43.6 Å². The largest absolute Gasteiger partial charge is 0.492 e. The van der Waals surface area contributed by atoms with E-state index in [2.05, 4.69) is 41.1 Å². The van der Waals surface area contributed by atoms with Crippen molar-refractivity contribution in [3.05, 3.63) is 66.4 Å². The number of para-hydroxylation sites is 1. The summed E-state index contributed by atoms with van der Waals surface area (Å²) < 4.78 is 13.5. The predicted molar refractivity (Wildman–Crippen MR) is 100 cm³/mol. The number of hydrogen-bond donors (Lipinski definition) is 1. The molecular weight excluding hydrogens is 314 g/mol. The van der Waals surface area contributed by atoms with Crippen LogP contribution in [0.4, 0.5) is 0 Å². The van der Waals surface area contributed by atoms with E-state index in [1.54, 1.807) is 0 Å². The van der Waals surface area contributed by atoms with Gasteiger partial charge >= 0.3 is 0 Å². The zero-order valence-corrected chi connectivity index (χ0v) is 14.6. The first-order valence-corrected chi connectivity index (χ1v) is 8.78. The predicted octanol–water partition coefficient (Wildman–Crippen LogP) is 3.66. The van der Waals surface area contributed by atoms with E-state index < -0.39 is 0 Å². The summed E-state index contributed by atoms with van der Waals surface area (Å²) in [7, 11) is 0. The number of aliphatic hydroxyl groups is 1. The van der Waals surface area contributed by atoms with Gasteiger partial charge in [-0.25, -0.2) is 0 Å². The van der Waals surface area contributed by atoms with E-state index in [-0.39, 0.29) is 12.7 Å². The average molecular weight is 339 g/mol. The Morgan fingerprint density at radius 1 is 1.04 bits per heavy atom. The van der Waals surface area contributed by atoms with E-state index in [4.69, 9.17) is 9.47 Å². The van der Waals surface area contributed by atoms with Crippen LogP contribution in [0.3, 0.4) is 0 Å². The van der Waals surface area contributed by atoms with E-state index in [0.717, 1.165) is 17.9 Å². The van der Waals surface area contributed by atoms with E-state index in [1.807, 2.05) is 31.2 Å². The third-order valence-electron chi connectivity index (χ3n) is 4.27. The maximum Gasteiger partial charge on any atom is 0.119 e. The highest BCUT2D eigenvalue weighted by Gasteiger charge is 2.08. The van der Waals surface area contributed by atoms with Gasteiger partial charge in [-0.05, 0) is 42.1 Å². The van der Waals surface area contributed by atoms with Gasteiger partial charge < -0.3 is 19.1 Å². The molecule has 132 valence electrons. The minimum atomic E-state index is -0.140. The Morgan fingerprint density at radius 2 is 1.84 bits per heavy atom.